The summed E-state index contributed by atoms with van der Waals surface area (Å²) < 4.78 is 0. The Bertz CT molecular complexity index is 1660. The third-order valence-electron chi connectivity index (χ3n) is 9.36. The van der Waals surface area contributed by atoms with Crippen molar-refractivity contribution < 1.29 is 73.5 Å². The zero-order valence-electron chi connectivity index (χ0n) is 39.9. The highest BCUT2D eigenvalue weighted by atomic mass is 16.3. The van der Waals surface area contributed by atoms with E-state index in [2.05, 4.69) is 5.32 Å². The highest BCUT2D eigenvalue weighted by Crippen LogP contribution is 2.06. The predicted molar refractivity (Wildman–Crippen MR) is 235 cm³/mol. The van der Waals surface area contributed by atoms with Gasteiger partial charge in [-0.3, -0.25) is 47.9 Å². The number of rotatable bonds is 30. The second kappa shape index (κ2) is 29.9. The Hall–Kier alpha value is -5.54. The Labute approximate surface area is 385 Å². The van der Waals surface area contributed by atoms with E-state index in [9.17, 15) is 73.5 Å². The second-order valence-electron chi connectivity index (χ2n) is 16.6. The molecule has 26 nitrogen and oxygen atoms in total. The molecule has 5 atom stereocenters. The van der Waals surface area contributed by atoms with E-state index in [0.717, 1.165) is 44.1 Å². The van der Waals surface area contributed by atoms with Gasteiger partial charge in [0.2, 0.25) is 59.1 Å². The number of hydrogen-bond donors (Lipinski definition) is 7. The predicted octanol–water partition coefficient (Wildman–Crippen LogP) is -7.43. The molecule has 5 unspecified atom stereocenters. The minimum Gasteiger partial charge on any atom is -0.392 e. The van der Waals surface area contributed by atoms with Crippen LogP contribution in [0.1, 0.15) is 34.6 Å². The molecule has 0 bridgehead atoms. The molecule has 0 saturated heterocycles. The summed E-state index contributed by atoms with van der Waals surface area (Å²) in [6.07, 6.45) is -5.34. The van der Waals surface area contributed by atoms with Crippen molar-refractivity contribution in [2.24, 2.45) is 5.73 Å². The monoisotopic (exact) mass is 948 g/mol. The molecule has 378 valence electrons. The maximum absolute atomic E-state index is 13.5. The fourth-order valence-corrected chi connectivity index (χ4v) is 6.02. The lowest BCUT2D eigenvalue weighted by atomic mass is 10.3. The number of primary amides is 1. The van der Waals surface area contributed by atoms with Crippen LogP contribution >= 0.6 is 0 Å². The first-order valence-corrected chi connectivity index (χ1v) is 21.2. The lowest BCUT2D eigenvalue weighted by Gasteiger charge is -2.31. The molecule has 0 aromatic carbocycles. The van der Waals surface area contributed by atoms with E-state index in [1.807, 2.05) is 0 Å². The van der Waals surface area contributed by atoms with Crippen molar-refractivity contribution in [3.8, 4) is 0 Å². The van der Waals surface area contributed by atoms with Crippen molar-refractivity contribution in [3.63, 3.8) is 0 Å². The summed E-state index contributed by atoms with van der Waals surface area (Å²) >= 11 is 0. The average Bonchev–Trinajstić information content (AvgIpc) is 3.18. The first-order chi connectivity index (χ1) is 30.5. The van der Waals surface area contributed by atoms with Crippen LogP contribution in [0.15, 0.2) is 0 Å². The number of nitrogens with zero attached hydrogens (tertiary/aromatic N) is 9. The molecule has 0 aromatic heterocycles. The Balaban J connectivity index is 5.83. The zero-order valence-corrected chi connectivity index (χ0v) is 39.9. The van der Waals surface area contributed by atoms with Crippen molar-refractivity contribution in [3.05, 3.63) is 0 Å². The van der Waals surface area contributed by atoms with E-state index in [0.29, 0.717) is 0 Å². The van der Waals surface area contributed by atoms with Crippen LogP contribution in [0.2, 0.25) is 0 Å². The standard InChI is InChI=1S/C40H73N11O15/c1-26(52)12-47(17-31(41)57)37(63)18-43(7)34(60)23-49(14-28(3)54)39(65)20-45(9)36(62)25-51(16-30(5)56)40(66)21-46(10)35(61)24-50(15-29(4)55)38(64)19-44(8)33(59)22-48(13-27(2)53)32(58)11-42-6/h26-30,42,52-56H,11-25H2,1-10H3,(H2,41,57). The van der Waals surface area contributed by atoms with Crippen LogP contribution in [-0.2, 0) is 47.9 Å². The molecule has 26 heteroatoms. The average molecular weight is 948 g/mol. The van der Waals surface area contributed by atoms with Gasteiger partial charge in [-0.15, -0.1) is 0 Å². The van der Waals surface area contributed by atoms with E-state index in [-0.39, 0.29) is 39.3 Å². The maximum Gasteiger partial charge on any atom is 0.242 e. The lowest BCUT2D eigenvalue weighted by molar-refractivity contribution is -0.148. The molecule has 0 heterocycles. The molecule has 0 aliphatic carbocycles. The van der Waals surface area contributed by atoms with Gasteiger partial charge in [-0.2, -0.15) is 0 Å². The summed E-state index contributed by atoms with van der Waals surface area (Å²) in [4.78, 5) is 139. The number of hydrogen-bond acceptors (Lipinski definition) is 16. The van der Waals surface area contributed by atoms with Gasteiger partial charge in [-0.1, -0.05) is 0 Å². The third-order valence-corrected chi connectivity index (χ3v) is 9.36. The number of carbonyl (C=O) groups is 10. The number of aliphatic hydroxyl groups is 5. The summed E-state index contributed by atoms with van der Waals surface area (Å²) in [7, 11) is 6.56. The molecule has 66 heavy (non-hydrogen) atoms. The summed E-state index contributed by atoms with van der Waals surface area (Å²) in [6, 6.07) is 0. The smallest absolute Gasteiger partial charge is 0.242 e. The van der Waals surface area contributed by atoms with Crippen molar-refractivity contribution in [1.29, 1.82) is 0 Å². The molecule has 10 amide bonds. The van der Waals surface area contributed by atoms with Gasteiger partial charge in [-0.25, -0.2) is 0 Å². The van der Waals surface area contributed by atoms with Crippen LogP contribution in [0.25, 0.3) is 0 Å². The maximum atomic E-state index is 13.5. The van der Waals surface area contributed by atoms with Gasteiger partial charge in [-0.05, 0) is 41.7 Å². The second-order valence-corrected chi connectivity index (χ2v) is 16.6. The minimum atomic E-state index is -1.15. The van der Waals surface area contributed by atoms with E-state index >= 15 is 0 Å². The summed E-state index contributed by atoms with van der Waals surface area (Å²) in [6.45, 7) is 0.0394. The summed E-state index contributed by atoms with van der Waals surface area (Å²) in [5.41, 5.74) is 5.20. The van der Waals surface area contributed by atoms with Gasteiger partial charge in [0.25, 0.3) is 0 Å². The fourth-order valence-electron chi connectivity index (χ4n) is 6.02. The van der Waals surface area contributed by atoms with Gasteiger partial charge in [0.15, 0.2) is 0 Å². The molecule has 0 aromatic rings. The van der Waals surface area contributed by atoms with Crippen LogP contribution in [-0.4, -0.2) is 293 Å². The van der Waals surface area contributed by atoms with Gasteiger partial charge in [0.05, 0.1) is 96.0 Å². The van der Waals surface area contributed by atoms with Crippen LogP contribution in [0.4, 0.5) is 0 Å². The van der Waals surface area contributed by atoms with Gasteiger partial charge >= 0.3 is 0 Å². The molecular weight excluding hydrogens is 875 g/mol. The summed E-state index contributed by atoms with van der Waals surface area (Å²) in [5.74, 6) is -7.35. The highest BCUT2D eigenvalue weighted by Gasteiger charge is 2.30. The Morgan fingerprint density at radius 2 is 0.561 bits per heavy atom. The normalized spacial score (nSPS) is 13.2. The zero-order chi connectivity index (χ0) is 51.2. The van der Waals surface area contributed by atoms with Crippen molar-refractivity contribution in [1.82, 2.24) is 49.4 Å². The number of nitrogens with one attached hydrogen (secondary N) is 1. The van der Waals surface area contributed by atoms with Crippen LogP contribution in [0.5, 0.6) is 0 Å². The first-order valence-electron chi connectivity index (χ1n) is 21.2. The van der Waals surface area contributed by atoms with Crippen molar-refractivity contribution in [2.45, 2.75) is 65.1 Å². The number of amides is 10. The number of likely N-dealkylation sites (N-methyl/N-ethyl adjacent to an activating group) is 5. The van der Waals surface area contributed by atoms with Crippen LogP contribution in [0, 0.1) is 0 Å². The van der Waals surface area contributed by atoms with Crippen LogP contribution in [0.3, 0.4) is 0 Å². The van der Waals surface area contributed by atoms with Crippen molar-refractivity contribution >= 4 is 59.1 Å². The van der Waals surface area contributed by atoms with E-state index in [1.165, 1.54) is 69.9 Å². The Morgan fingerprint density at radius 1 is 0.364 bits per heavy atom. The van der Waals surface area contributed by atoms with E-state index in [4.69, 9.17) is 5.73 Å². The molecule has 0 aliphatic rings. The Kier molecular flexibility index (Phi) is 27.4. The lowest BCUT2D eigenvalue weighted by Crippen LogP contribution is -2.52. The minimum absolute atomic E-state index is 0.105. The molecular formula is C40H73N11O15. The first kappa shape index (κ1) is 60.5. The molecule has 0 saturated carbocycles. The van der Waals surface area contributed by atoms with Gasteiger partial charge < -0.3 is 80.7 Å². The third kappa shape index (κ3) is 24.1. The van der Waals surface area contributed by atoms with Gasteiger partial charge in [0.1, 0.15) is 0 Å². The summed E-state index contributed by atoms with van der Waals surface area (Å²) in [5, 5.41) is 52.5. The topological polar surface area (TPSA) is 339 Å². The van der Waals surface area contributed by atoms with E-state index < -0.39 is 148 Å². The fraction of sp³-hybridized carbons (Fsp3) is 0.750. The largest absolute Gasteiger partial charge is 0.392 e. The molecule has 0 fully saturated rings. The number of nitrogens with two attached hydrogens (primary N) is 1. The van der Waals surface area contributed by atoms with Gasteiger partial charge in [0, 0.05) is 60.9 Å². The van der Waals surface area contributed by atoms with Crippen molar-refractivity contribution in [2.75, 3.05) is 133 Å². The quantitative estimate of drug-likeness (QED) is 0.0352. The SMILES string of the molecule is CNCC(=O)N(CC(=O)N(C)CC(=O)N(CC(=O)N(C)CC(=O)N(CC(=O)N(C)CC(=O)N(CC(=O)N(C)CC(=O)N(CC(N)=O)CC(C)O)CC(C)O)CC(C)O)CC(C)O)CC(C)O. The number of carbonyl (C=O) groups excluding carboxylic acids is 10. The number of aliphatic hydroxyl groups excluding tert-OH is 5. The molecule has 0 radical (unpaired) electrons. The molecule has 0 rings (SSSR count). The van der Waals surface area contributed by atoms with Crippen LogP contribution < -0.4 is 11.1 Å². The molecule has 0 aliphatic heterocycles. The Morgan fingerprint density at radius 3 is 0.742 bits per heavy atom. The highest BCUT2D eigenvalue weighted by molar-refractivity contribution is 5.94. The molecule has 0 spiro atoms. The molecule has 8 N–H and O–H groups in total. The van der Waals surface area contributed by atoms with E-state index in [1.54, 1.807) is 0 Å².